The first kappa shape index (κ1) is 14.8. The van der Waals surface area contributed by atoms with Gasteiger partial charge in [-0.3, -0.25) is 9.59 Å². The summed E-state index contributed by atoms with van der Waals surface area (Å²) in [5.74, 6) is -0.107. The van der Waals surface area contributed by atoms with E-state index in [1.165, 1.54) is 6.92 Å². The molecular weight excluding hydrogens is 264 g/mol. The van der Waals surface area contributed by atoms with Crippen molar-refractivity contribution in [3.05, 3.63) is 59.7 Å². The summed E-state index contributed by atoms with van der Waals surface area (Å²) in [4.78, 5) is 23.2. The van der Waals surface area contributed by atoms with Crippen LogP contribution in [0.15, 0.2) is 48.5 Å². The molecule has 0 radical (unpaired) electrons. The second-order valence-corrected chi connectivity index (χ2v) is 4.93. The fourth-order valence-corrected chi connectivity index (χ4v) is 2.05. The number of anilines is 2. The predicted molar refractivity (Wildman–Crippen MR) is 84.3 cm³/mol. The van der Waals surface area contributed by atoms with Gasteiger partial charge in [0.05, 0.1) is 0 Å². The summed E-state index contributed by atoms with van der Waals surface area (Å²) in [6.07, 6.45) is 0.997. The third-order valence-corrected chi connectivity index (χ3v) is 3.14. The van der Waals surface area contributed by atoms with E-state index in [1.807, 2.05) is 24.3 Å². The maximum Gasteiger partial charge on any atom is 0.224 e. The molecule has 0 atom stereocenters. The highest BCUT2D eigenvalue weighted by Crippen LogP contribution is 2.13. The molecular formula is C17H18N2O2. The van der Waals surface area contributed by atoms with E-state index in [1.54, 1.807) is 24.3 Å². The Morgan fingerprint density at radius 3 is 2.57 bits per heavy atom. The van der Waals surface area contributed by atoms with Gasteiger partial charge in [-0.25, -0.2) is 0 Å². The molecule has 4 nitrogen and oxygen atoms in total. The number of aryl methyl sites for hydroxylation is 1. The molecule has 108 valence electrons. The van der Waals surface area contributed by atoms with Gasteiger partial charge in [-0.2, -0.15) is 0 Å². The first-order chi connectivity index (χ1) is 10.0. The van der Waals surface area contributed by atoms with Crippen LogP contribution in [0.5, 0.6) is 0 Å². The Hall–Kier alpha value is -2.62. The van der Waals surface area contributed by atoms with Gasteiger partial charge in [0, 0.05) is 23.4 Å². The minimum atomic E-state index is -0.0851. The quantitative estimate of drug-likeness (QED) is 0.654. The third kappa shape index (κ3) is 4.45. The van der Waals surface area contributed by atoms with Gasteiger partial charge in [-0.05, 0) is 43.2 Å². The lowest BCUT2D eigenvalue weighted by Crippen LogP contribution is -2.12. The molecule has 2 aromatic rings. The molecule has 0 saturated carbocycles. The van der Waals surface area contributed by atoms with E-state index in [2.05, 4.69) is 5.32 Å². The Morgan fingerprint density at radius 1 is 1.10 bits per heavy atom. The first-order valence-electron chi connectivity index (χ1n) is 6.80. The average molecular weight is 282 g/mol. The molecule has 0 unspecified atom stereocenters. The molecule has 0 aliphatic rings. The number of carbonyl (C=O) groups is 2. The molecule has 0 spiro atoms. The number of benzene rings is 2. The van der Waals surface area contributed by atoms with Crippen LogP contribution in [0.25, 0.3) is 0 Å². The maximum absolute atomic E-state index is 11.9. The Kier molecular flexibility index (Phi) is 4.72. The minimum Gasteiger partial charge on any atom is -0.399 e. The van der Waals surface area contributed by atoms with E-state index < -0.39 is 0 Å². The SMILES string of the molecule is CC(=O)c1cccc(NC(=O)CCc2cccc(N)c2)c1. The predicted octanol–water partition coefficient (Wildman–Crippen LogP) is 3.04. The van der Waals surface area contributed by atoms with E-state index >= 15 is 0 Å². The zero-order chi connectivity index (χ0) is 15.2. The molecule has 1 amide bonds. The maximum atomic E-state index is 11.9. The lowest BCUT2D eigenvalue weighted by Gasteiger charge is -2.07. The van der Waals surface area contributed by atoms with E-state index in [0.717, 1.165) is 5.56 Å². The first-order valence-corrected chi connectivity index (χ1v) is 6.80. The number of amides is 1. The monoisotopic (exact) mass is 282 g/mol. The molecule has 0 bridgehead atoms. The largest absolute Gasteiger partial charge is 0.399 e. The lowest BCUT2D eigenvalue weighted by molar-refractivity contribution is -0.116. The normalized spacial score (nSPS) is 10.1. The molecule has 2 aromatic carbocycles. The number of rotatable bonds is 5. The molecule has 0 aromatic heterocycles. The number of ketones is 1. The smallest absolute Gasteiger partial charge is 0.224 e. The van der Waals surface area contributed by atoms with Crippen molar-refractivity contribution in [1.82, 2.24) is 0 Å². The Labute approximate surface area is 124 Å². The van der Waals surface area contributed by atoms with Gasteiger partial charge >= 0.3 is 0 Å². The number of nitrogens with one attached hydrogen (secondary N) is 1. The summed E-state index contributed by atoms with van der Waals surface area (Å²) >= 11 is 0. The molecule has 21 heavy (non-hydrogen) atoms. The van der Waals surface area contributed by atoms with E-state index in [4.69, 9.17) is 5.73 Å². The summed E-state index contributed by atoms with van der Waals surface area (Å²) in [5.41, 5.74) is 8.65. The molecule has 0 heterocycles. The molecule has 2 rings (SSSR count). The van der Waals surface area contributed by atoms with Gasteiger partial charge in [0.2, 0.25) is 5.91 Å². The van der Waals surface area contributed by atoms with E-state index in [-0.39, 0.29) is 11.7 Å². The summed E-state index contributed by atoms with van der Waals surface area (Å²) in [7, 11) is 0. The highest BCUT2D eigenvalue weighted by Gasteiger charge is 2.05. The highest BCUT2D eigenvalue weighted by atomic mass is 16.1. The summed E-state index contributed by atoms with van der Waals surface area (Å²) in [6.45, 7) is 1.50. The molecule has 0 saturated heterocycles. The van der Waals surface area contributed by atoms with E-state index in [0.29, 0.717) is 29.8 Å². The second kappa shape index (κ2) is 6.70. The van der Waals surface area contributed by atoms with Crippen LogP contribution in [0, 0.1) is 0 Å². The second-order valence-electron chi connectivity index (χ2n) is 4.93. The van der Waals surface area contributed by atoms with Crippen LogP contribution in [0.2, 0.25) is 0 Å². The summed E-state index contributed by atoms with van der Waals surface area (Å²) in [6, 6.07) is 14.4. The molecule has 0 aliphatic carbocycles. The number of nitrogens with two attached hydrogens (primary N) is 1. The van der Waals surface area contributed by atoms with Crippen molar-refractivity contribution in [2.24, 2.45) is 0 Å². The number of carbonyl (C=O) groups excluding carboxylic acids is 2. The van der Waals surface area contributed by atoms with Crippen LogP contribution < -0.4 is 11.1 Å². The van der Waals surface area contributed by atoms with Crippen molar-refractivity contribution in [1.29, 1.82) is 0 Å². The van der Waals surface area contributed by atoms with Crippen molar-refractivity contribution < 1.29 is 9.59 Å². The lowest BCUT2D eigenvalue weighted by atomic mass is 10.1. The van der Waals surface area contributed by atoms with E-state index in [9.17, 15) is 9.59 Å². The number of nitrogen functional groups attached to an aromatic ring is 1. The van der Waals surface area contributed by atoms with Crippen LogP contribution in [-0.2, 0) is 11.2 Å². The van der Waals surface area contributed by atoms with Gasteiger partial charge in [-0.1, -0.05) is 24.3 Å². The standard InChI is InChI=1S/C17H18N2O2/c1-12(20)14-5-3-7-16(11-14)19-17(21)9-8-13-4-2-6-15(18)10-13/h2-7,10-11H,8-9,18H2,1H3,(H,19,21). The Bertz CT molecular complexity index is 665. The Morgan fingerprint density at radius 2 is 1.86 bits per heavy atom. The molecule has 0 aliphatic heterocycles. The van der Waals surface area contributed by atoms with Gasteiger partial charge in [0.1, 0.15) is 0 Å². The van der Waals surface area contributed by atoms with Crippen molar-refractivity contribution in [3.63, 3.8) is 0 Å². The summed E-state index contributed by atoms with van der Waals surface area (Å²) < 4.78 is 0. The van der Waals surface area contributed by atoms with Gasteiger partial charge in [-0.15, -0.1) is 0 Å². The number of hydrogen-bond donors (Lipinski definition) is 2. The Balaban J connectivity index is 1.93. The van der Waals surface area contributed by atoms with Crippen molar-refractivity contribution >= 4 is 23.1 Å². The fraction of sp³-hybridized carbons (Fsp3) is 0.176. The summed E-state index contributed by atoms with van der Waals surface area (Å²) in [5, 5.41) is 2.80. The van der Waals surface area contributed by atoms with Gasteiger partial charge in [0.15, 0.2) is 5.78 Å². The molecule has 3 N–H and O–H groups in total. The van der Waals surface area contributed by atoms with Crippen LogP contribution in [0.3, 0.4) is 0 Å². The van der Waals surface area contributed by atoms with Crippen molar-refractivity contribution in [2.75, 3.05) is 11.1 Å². The number of hydrogen-bond acceptors (Lipinski definition) is 3. The fourth-order valence-electron chi connectivity index (χ4n) is 2.05. The average Bonchev–Trinajstić information content (AvgIpc) is 2.45. The topological polar surface area (TPSA) is 72.2 Å². The van der Waals surface area contributed by atoms with Crippen LogP contribution >= 0.6 is 0 Å². The van der Waals surface area contributed by atoms with Crippen LogP contribution in [0.1, 0.15) is 29.3 Å². The minimum absolute atomic E-state index is 0.0224. The highest BCUT2D eigenvalue weighted by molar-refractivity contribution is 5.97. The molecule has 4 heteroatoms. The van der Waals surface area contributed by atoms with Gasteiger partial charge in [0.25, 0.3) is 0 Å². The van der Waals surface area contributed by atoms with Crippen molar-refractivity contribution in [3.8, 4) is 0 Å². The molecule has 0 fully saturated rings. The third-order valence-electron chi connectivity index (χ3n) is 3.14. The zero-order valence-electron chi connectivity index (χ0n) is 11.9. The zero-order valence-corrected chi connectivity index (χ0v) is 11.9. The van der Waals surface area contributed by atoms with Crippen LogP contribution in [0.4, 0.5) is 11.4 Å². The van der Waals surface area contributed by atoms with Crippen LogP contribution in [-0.4, -0.2) is 11.7 Å². The van der Waals surface area contributed by atoms with Gasteiger partial charge < -0.3 is 11.1 Å². The number of Topliss-reactive ketones (excluding diaryl/α,β-unsaturated/α-hetero) is 1. The van der Waals surface area contributed by atoms with Crippen molar-refractivity contribution in [2.45, 2.75) is 19.8 Å².